The molecule has 0 bridgehead atoms. The fraction of sp³-hybridized carbons (Fsp3) is 0.278. The summed E-state index contributed by atoms with van der Waals surface area (Å²) in [6, 6.07) is 13.8. The minimum absolute atomic E-state index is 0.118. The van der Waals surface area contributed by atoms with Crippen LogP contribution in [0.15, 0.2) is 48.5 Å². The molecule has 0 aliphatic carbocycles. The molecule has 0 atom stereocenters. The first-order valence-corrected chi connectivity index (χ1v) is 7.52. The van der Waals surface area contributed by atoms with Gasteiger partial charge in [-0.15, -0.1) is 0 Å². The average molecular weight is 335 g/mol. The van der Waals surface area contributed by atoms with Crippen LogP contribution in [0.3, 0.4) is 0 Å². The summed E-state index contributed by atoms with van der Waals surface area (Å²) >= 11 is 0. The normalized spacial score (nSPS) is 10.7. The molecule has 2 aromatic rings. The van der Waals surface area contributed by atoms with Crippen LogP contribution in [0.4, 0.5) is 8.78 Å². The van der Waals surface area contributed by atoms with E-state index in [2.05, 4.69) is 5.32 Å². The second kappa shape index (κ2) is 8.98. The highest BCUT2D eigenvalue weighted by Gasteiger charge is 2.08. The van der Waals surface area contributed by atoms with Gasteiger partial charge in [0.1, 0.15) is 12.4 Å². The van der Waals surface area contributed by atoms with Crippen molar-refractivity contribution in [2.75, 3.05) is 6.61 Å². The number of ether oxygens (including phenoxy) is 1. The van der Waals surface area contributed by atoms with Crippen LogP contribution in [0.2, 0.25) is 0 Å². The van der Waals surface area contributed by atoms with Crippen molar-refractivity contribution in [3.05, 3.63) is 65.2 Å². The summed E-state index contributed by atoms with van der Waals surface area (Å²) in [5.41, 5.74) is 2.24. The van der Waals surface area contributed by atoms with Gasteiger partial charge in [0.05, 0.1) is 13.0 Å². The number of aliphatic hydroxyl groups is 1. The molecule has 2 N–H and O–H groups in total. The first kappa shape index (κ1) is 17.9. The predicted octanol–water partition coefficient (Wildman–Crippen LogP) is 2.68. The maximum atomic E-state index is 12.1. The van der Waals surface area contributed by atoms with E-state index in [1.807, 2.05) is 6.07 Å². The van der Waals surface area contributed by atoms with Crippen LogP contribution in [0.5, 0.6) is 5.75 Å². The lowest BCUT2D eigenvalue weighted by Gasteiger charge is -2.10. The molecule has 0 saturated heterocycles. The molecule has 0 heterocycles. The van der Waals surface area contributed by atoms with E-state index in [-0.39, 0.29) is 25.5 Å². The Morgan fingerprint density at radius 1 is 1.12 bits per heavy atom. The highest BCUT2D eigenvalue weighted by atomic mass is 19.3. The molecule has 0 spiro atoms. The molecule has 0 aliphatic rings. The zero-order valence-corrected chi connectivity index (χ0v) is 13.0. The summed E-state index contributed by atoms with van der Waals surface area (Å²) in [5.74, 6) is 0.155. The Morgan fingerprint density at radius 2 is 1.88 bits per heavy atom. The van der Waals surface area contributed by atoms with Gasteiger partial charge in [0, 0.05) is 6.54 Å². The second-order valence-electron chi connectivity index (χ2n) is 5.23. The maximum Gasteiger partial charge on any atom is 0.272 e. The molecule has 0 saturated carbocycles. The Kier molecular flexibility index (Phi) is 6.69. The molecule has 24 heavy (non-hydrogen) atoms. The van der Waals surface area contributed by atoms with Gasteiger partial charge >= 0.3 is 0 Å². The molecule has 2 aromatic carbocycles. The number of rotatable bonds is 8. The maximum absolute atomic E-state index is 12.1. The third kappa shape index (κ3) is 5.62. The van der Waals surface area contributed by atoms with Gasteiger partial charge in [0.2, 0.25) is 5.91 Å². The largest absolute Gasteiger partial charge is 0.488 e. The molecule has 0 fully saturated rings. The van der Waals surface area contributed by atoms with E-state index in [1.165, 1.54) is 0 Å². The highest BCUT2D eigenvalue weighted by Crippen LogP contribution is 2.14. The zero-order chi connectivity index (χ0) is 17.4. The molecule has 0 aliphatic heterocycles. The minimum Gasteiger partial charge on any atom is -0.488 e. The van der Waals surface area contributed by atoms with Gasteiger partial charge in [-0.1, -0.05) is 36.4 Å². The van der Waals surface area contributed by atoms with E-state index in [0.717, 1.165) is 16.7 Å². The molecule has 0 unspecified atom stereocenters. The van der Waals surface area contributed by atoms with Gasteiger partial charge in [0.25, 0.3) is 6.43 Å². The van der Waals surface area contributed by atoms with Gasteiger partial charge in [-0.05, 0) is 28.8 Å². The summed E-state index contributed by atoms with van der Waals surface area (Å²) < 4.78 is 29.2. The van der Waals surface area contributed by atoms with E-state index in [9.17, 15) is 18.7 Å². The lowest BCUT2D eigenvalue weighted by molar-refractivity contribution is -0.120. The number of hydrogen-bond donors (Lipinski definition) is 2. The fourth-order valence-corrected chi connectivity index (χ4v) is 2.22. The summed E-state index contributed by atoms with van der Waals surface area (Å²) in [7, 11) is 0. The second-order valence-corrected chi connectivity index (χ2v) is 5.23. The van der Waals surface area contributed by atoms with Crippen molar-refractivity contribution in [1.29, 1.82) is 0 Å². The first-order chi connectivity index (χ1) is 11.6. The van der Waals surface area contributed by atoms with Crippen LogP contribution in [-0.2, 0) is 24.4 Å². The molecule has 4 nitrogen and oxygen atoms in total. The summed E-state index contributed by atoms with van der Waals surface area (Å²) in [6.07, 6.45) is -2.36. The van der Waals surface area contributed by atoms with Crippen LogP contribution in [0.1, 0.15) is 16.7 Å². The average Bonchev–Trinajstić information content (AvgIpc) is 2.59. The number of hydrogen-bond acceptors (Lipinski definition) is 3. The van der Waals surface area contributed by atoms with Gasteiger partial charge in [-0.2, -0.15) is 0 Å². The van der Waals surface area contributed by atoms with E-state index < -0.39 is 13.0 Å². The van der Waals surface area contributed by atoms with Crippen LogP contribution in [0, 0.1) is 0 Å². The molecule has 1 amide bonds. The number of benzene rings is 2. The molecule has 128 valence electrons. The van der Waals surface area contributed by atoms with E-state index in [1.54, 1.807) is 42.5 Å². The third-order valence-corrected chi connectivity index (χ3v) is 3.40. The van der Waals surface area contributed by atoms with Crippen molar-refractivity contribution >= 4 is 5.91 Å². The van der Waals surface area contributed by atoms with Gasteiger partial charge in [-0.3, -0.25) is 4.79 Å². The number of nitrogens with one attached hydrogen (secondary N) is 1. The quantitative estimate of drug-likeness (QED) is 0.780. The number of carbonyl (C=O) groups excluding carboxylic acids is 1. The van der Waals surface area contributed by atoms with Crippen LogP contribution in [0.25, 0.3) is 0 Å². The lowest BCUT2D eigenvalue weighted by Crippen LogP contribution is -2.25. The number of halogens is 2. The van der Waals surface area contributed by atoms with Crippen molar-refractivity contribution in [2.24, 2.45) is 0 Å². The monoisotopic (exact) mass is 335 g/mol. The summed E-state index contributed by atoms with van der Waals surface area (Å²) in [6.45, 7) is -0.507. The van der Waals surface area contributed by atoms with Crippen molar-refractivity contribution in [2.45, 2.75) is 26.0 Å². The smallest absolute Gasteiger partial charge is 0.272 e. The number of aliphatic hydroxyl groups excluding tert-OH is 1. The Bertz CT molecular complexity index is 677. The van der Waals surface area contributed by atoms with E-state index in [0.29, 0.717) is 5.75 Å². The van der Waals surface area contributed by atoms with Crippen LogP contribution < -0.4 is 10.1 Å². The topological polar surface area (TPSA) is 58.6 Å². The Labute approximate surface area is 139 Å². The molecule has 2 rings (SSSR count). The number of amides is 1. The number of carbonyl (C=O) groups is 1. The fourth-order valence-electron chi connectivity index (χ4n) is 2.22. The first-order valence-electron chi connectivity index (χ1n) is 7.52. The molecular formula is C18H19F2NO3. The standard InChI is InChI=1S/C18H19F2NO3/c19-17(20)12-24-16-7-3-4-13(8-16)10-21-18(23)9-14-5-1-2-6-15(14)11-22/h1-8,17,22H,9-12H2,(H,21,23). The number of alkyl halides is 2. The SMILES string of the molecule is O=C(Cc1ccccc1CO)NCc1cccc(OCC(F)F)c1. The van der Waals surface area contributed by atoms with Crippen LogP contribution >= 0.6 is 0 Å². The van der Waals surface area contributed by atoms with Gasteiger partial charge in [-0.25, -0.2) is 8.78 Å². The molecule has 6 heteroatoms. The van der Waals surface area contributed by atoms with Crippen molar-refractivity contribution < 1.29 is 23.4 Å². The van der Waals surface area contributed by atoms with Gasteiger partial charge < -0.3 is 15.2 Å². The minimum atomic E-state index is -2.53. The van der Waals surface area contributed by atoms with Crippen molar-refractivity contribution in [3.8, 4) is 5.75 Å². The molecule has 0 radical (unpaired) electrons. The Balaban J connectivity index is 1.88. The Hall–Kier alpha value is -2.47. The van der Waals surface area contributed by atoms with E-state index >= 15 is 0 Å². The zero-order valence-electron chi connectivity index (χ0n) is 13.0. The van der Waals surface area contributed by atoms with Crippen molar-refractivity contribution in [1.82, 2.24) is 5.32 Å². The molecular weight excluding hydrogens is 316 g/mol. The van der Waals surface area contributed by atoms with Crippen LogP contribution in [-0.4, -0.2) is 24.0 Å². The highest BCUT2D eigenvalue weighted by molar-refractivity contribution is 5.78. The van der Waals surface area contributed by atoms with E-state index in [4.69, 9.17) is 4.74 Å². The summed E-state index contributed by atoms with van der Waals surface area (Å²) in [4.78, 5) is 12.0. The summed E-state index contributed by atoms with van der Waals surface area (Å²) in [5, 5.41) is 12.0. The van der Waals surface area contributed by atoms with Gasteiger partial charge in [0.15, 0.2) is 0 Å². The lowest BCUT2D eigenvalue weighted by atomic mass is 10.0. The molecule has 0 aromatic heterocycles. The van der Waals surface area contributed by atoms with Crippen molar-refractivity contribution in [3.63, 3.8) is 0 Å². The predicted molar refractivity (Wildman–Crippen MR) is 85.9 cm³/mol. The Morgan fingerprint density at radius 3 is 2.58 bits per heavy atom. The third-order valence-electron chi connectivity index (χ3n) is 3.40.